The minimum atomic E-state index is -0.507. The van der Waals surface area contributed by atoms with Crippen LogP contribution in [0, 0.1) is 11.7 Å². The van der Waals surface area contributed by atoms with Gasteiger partial charge in [0.15, 0.2) is 0 Å². The molecule has 3 aliphatic heterocycles. The zero-order valence-electron chi connectivity index (χ0n) is 15.4. The van der Waals surface area contributed by atoms with Crippen LogP contribution in [0.3, 0.4) is 0 Å². The maximum absolute atomic E-state index is 13.4. The van der Waals surface area contributed by atoms with Gasteiger partial charge in [0.05, 0.1) is 24.8 Å². The lowest BCUT2D eigenvalue weighted by Crippen LogP contribution is -2.44. The van der Waals surface area contributed by atoms with Gasteiger partial charge < -0.3 is 4.74 Å². The van der Waals surface area contributed by atoms with Gasteiger partial charge in [-0.3, -0.25) is 9.59 Å². The van der Waals surface area contributed by atoms with Crippen LogP contribution in [-0.2, 0) is 9.59 Å². The highest BCUT2D eigenvalue weighted by molar-refractivity contribution is 6.24. The normalized spacial score (nSPS) is 27.4. The van der Waals surface area contributed by atoms with E-state index in [1.165, 1.54) is 29.2 Å². The van der Waals surface area contributed by atoms with Crippen LogP contribution >= 0.6 is 0 Å². The lowest BCUT2D eigenvalue weighted by atomic mass is 9.90. The number of rotatable bonds is 3. The van der Waals surface area contributed by atoms with Crippen molar-refractivity contribution in [2.75, 3.05) is 25.1 Å². The van der Waals surface area contributed by atoms with Gasteiger partial charge in [0.25, 0.3) is 5.91 Å². The number of amides is 2. The van der Waals surface area contributed by atoms with Gasteiger partial charge in [0.1, 0.15) is 17.6 Å². The molecule has 0 radical (unpaired) electrons. The van der Waals surface area contributed by atoms with Crippen LogP contribution in [0.15, 0.2) is 48.5 Å². The van der Waals surface area contributed by atoms with Crippen LogP contribution in [0.4, 0.5) is 10.1 Å². The van der Waals surface area contributed by atoms with Crippen molar-refractivity contribution in [2.45, 2.75) is 18.5 Å². The van der Waals surface area contributed by atoms with Crippen LogP contribution in [0.25, 0.3) is 0 Å². The molecule has 3 aliphatic rings. The number of imide groups is 1. The van der Waals surface area contributed by atoms with Crippen molar-refractivity contribution in [3.05, 3.63) is 59.9 Å². The maximum atomic E-state index is 13.4. The third kappa shape index (κ3) is 2.40. The monoisotopic (exact) mass is 381 g/mol. The number of carbonyl (C=O) groups is 2. The average molecular weight is 381 g/mol. The Hall–Kier alpha value is -2.77. The van der Waals surface area contributed by atoms with E-state index >= 15 is 0 Å². The number of hydrazine groups is 1. The van der Waals surface area contributed by atoms with Gasteiger partial charge in [-0.15, -0.1) is 0 Å². The largest absolute Gasteiger partial charge is 0.497 e. The summed E-state index contributed by atoms with van der Waals surface area (Å²) in [7, 11) is 1.61. The molecule has 3 heterocycles. The second kappa shape index (κ2) is 6.39. The van der Waals surface area contributed by atoms with Gasteiger partial charge in [-0.25, -0.2) is 19.3 Å². The summed E-state index contributed by atoms with van der Waals surface area (Å²) in [5.41, 5.74) is 1.41. The first-order chi connectivity index (χ1) is 13.6. The number of carbonyl (C=O) groups excluding carboxylic acids is 2. The number of benzene rings is 2. The van der Waals surface area contributed by atoms with E-state index < -0.39 is 17.8 Å². The quantitative estimate of drug-likeness (QED) is 0.764. The maximum Gasteiger partial charge on any atom is 0.253 e. The molecule has 0 saturated carbocycles. The van der Waals surface area contributed by atoms with Crippen LogP contribution in [0.5, 0.6) is 5.75 Å². The number of anilines is 1. The zero-order valence-corrected chi connectivity index (χ0v) is 15.4. The summed E-state index contributed by atoms with van der Waals surface area (Å²) in [5, 5.41) is 4.21. The second-order valence-corrected chi connectivity index (χ2v) is 7.36. The highest BCUT2D eigenvalue weighted by Gasteiger charge is 2.62. The average Bonchev–Trinajstić information content (AvgIpc) is 3.35. The number of ether oxygens (including phenoxy) is 1. The molecule has 0 aliphatic carbocycles. The van der Waals surface area contributed by atoms with Crippen molar-refractivity contribution >= 4 is 17.5 Å². The van der Waals surface area contributed by atoms with Gasteiger partial charge in [-0.1, -0.05) is 12.1 Å². The molecule has 2 aromatic rings. The van der Waals surface area contributed by atoms with Crippen LogP contribution in [0.2, 0.25) is 0 Å². The number of hydrogen-bond acceptors (Lipinski definition) is 5. The third-order valence-corrected chi connectivity index (χ3v) is 5.95. The second-order valence-electron chi connectivity index (χ2n) is 7.36. The van der Waals surface area contributed by atoms with E-state index in [0.717, 1.165) is 30.8 Å². The van der Waals surface area contributed by atoms with Gasteiger partial charge in [0, 0.05) is 13.1 Å². The number of nitrogens with zero attached hydrogens (tertiary/aromatic N) is 3. The van der Waals surface area contributed by atoms with E-state index in [1.54, 1.807) is 7.11 Å². The highest BCUT2D eigenvalue weighted by atomic mass is 19.1. The summed E-state index contributed by atoms with van der Waals surface area (Å²) in [6.07, 6.45) is 0.952. The molecule has 2 amide bonds. The van der Waals surface area contributed by atoms with E-state index in [2.05, 4.69) is 5.01 Å². The van der Waals surface area contributed by atoms with E-state index in [1.807, 2.05) is 29.3 Å². The molecular formula is C21H20FN3O3. The van der Waals surface area contributed by atoms with Crippen molar-refractivity contribution in [1.29, 1.82) is 0 Å². The Morgan fingerprint density at radius 3 is 2.18 bits per heavy atom. The smallest absolute Gasteiger partial charge is 0.253 e. The topological polar surface area (TPSA) is 53.1 Å². The lowest BCUT2D eigenvalue weighted by Gasteiger charge is -2.29. The predicted octanol–water partition coefficient (Wildman–Crippen LogP) is 2.37. The van der Waals surface area contributed by atoms with Crippen LogP contribution in [-0.4, -0.2) is 48.1 Å². The number of methoxy groups -OCH3 is 1. The Morgan fingerprint density at radius 2 is 1.54 bits per heavy atom. The molecule has 5 rings (SSSR count). The molecule has 144 valence electrons. The molecular weight excluding hydrogens is 361 g/mol. The minimum absolute atomic E-state index is 0.194. The molecule has 6 nitrogen and oxygen atoms in total. The highest BCUT2D eigenvalue weighted by Crippen LogP contribution is 2.49. The summed E-state index contributed by atoms with van der Waals surface area (Å²) in [4.78, 5) is 27.8. The molecule has 28 heavy (non-hydrogen) atoms. The lowest BCUT2D eigenvalue weighted by molar-refractivity contribution is -0.126. The molecule has 3 atom stereocenters. The van der Waals surface area contributed by atoms with Gasteiger partial charge in [-0.2, -0.15) is 0 Å². The van der Waals surface area contributed by atoms with E-state index in [-0.39, 0.29) is 17.9 Å². The zero-order chi connectivity index (χ0) is 19.4. The van der Waals surface area contributed by atoms with Crippen molar-refractivity contribution in [3.8, 4) is 5.75 Å². The first kappa shape index (κ1) is 17.3. The number of hydrogen-bond donors (Lipinski definition) is 0. The fourth-order valence-corrected chi connectivity index (χ4v) is 4.76. The standard InChI is InChI=1S/C21H20FN3O3/c1-28-16-9-3-13(4-10-16)18-17-19(24-12-2-11-23(18)24)21(27)25(20(17)26)15-7-5-14(22)6-8-15/h3-10,17-19H,2,11-12H2,1H3/t17-,18-,19-/m0/s1. The van der Waals surface area contributed by atoms with Gasteiger partial charge in [-0.05, 0) is 48.4 Å². The third-order valence-electron chi connectivity index (χ3n) is 5.95. The SMILES string of the molecule is COc1ccc([C@H]2[C@@H]3C(=O)N(c4ccc(F)cc4)C(=O)[C@H]3N3CCCN23)cc1. The summed E-state index contributed by atoms with van der Waals surface area (Å²) < 4.78 is 18.6. The van der Waals surface area contributed by atoms with E-state index in [4.69, 9.17) is 4.74 Å². The predicted molar refractivity (Wildman–Crippen MR) is 99.9 cm³/mol. The van der Waals surface area contributed by atoms with Crippen LogP contribution < -0.4 is 9.64 Å². The fourth-order valence-electron chi connectivity index (χ4n) is 4.76. The van der Waals surface area contributed by atoms with E-state index in [0.29, 0.717) is 5.69 Å². The first-order valence-corrected chi connectivity index (χ1v) is 9.40. The summed E-state index contributed by atoms with van der Waals surface area (Å²) in [6.45, 7) is 1.57. The van der Waals surface area contributed by atoms with Gasteiger partial charge in [0.2, 0.25) is 5.91 Å². The van der Waals surface area contributed by atoms with Crippen molar-refractivity contribution < 1.29 is 18.7 Å². The molecule has 2 aromatic carbocycles. The minimum Gasteiger partial charge on any atom is -0.497 e. The Kier molecular flexibility index (Phi) is 3.96. The summed E-state index contributed by atoms with van der Waals surface area (Å²) in [5.74, 6) is -0.587. The Bertz CT molecular complexity index is 931. The molecule has 3 saturated heterocycles. The fraction of sp³-hybridized carbons (Fsp3) is 0.333. The van der Waals surface area contributed by atoms with Gasteiger partial charge >= 0.3 is 0 Å². The molecule has 0 bridgehead atoms. The molecule has 7 heteroatoms. The first-order valence-electron chi connectivity index (χ1n) is 9.40. The summed E-state index contributed by atoms with van der Waals surface area (Å²) >= 11 is 0. The molecule has 3 fully saturated rings. The Balaban J connectivity index is 1.55. The molecule has 0 spiro atoms. The Morgan fingerprint density at radius 1 is 0.893 bits per heavy atom. The van der Waals surface area contributed by atoms with Crippen molar-refractivity contribution in [1.82, 2.24) is 10.0 Å². The molecule has 0 unspecified atom stereocenters. The number of fused-ring (bicyclic) bond motifs is 3. The Labute approximate surface area is 162 Å². The summed E-state index contributed by atoms with van der Waals surface area (Å²) in [6, 6.07) is 12.5. The number of halogens is 1. The molecule has 0 aromatic heterocycles. The van der Waals surface area contributed by atoms with Crippen molar-refractivity contribution in [2.24, 2.45) is 5.92 Å². The van der Waals surface area contributed by atoms with Crippen molar-refractivity contribution in [3.63, 3.8) is 0 Å². The molecule has 0 N–H and O–H groups in total. The van der Waals surface area contributed by atoms with Crippen LogP contribution in [0.1, 0.15) is 18.0 Å². The van der Waals surface area contributed by atoms with E-state index in [9.17, 15) is 14.0 Å².